The molecule has 3 heterocycles. The predicted molar refractivity (Wildman–Crippen MR) is 95.8 cm³/mol. The molecule has 3 aromatic heterocycles. The lowest BCUT2D eigenvalue weighted by Gasteiger charge is -2.07. The molecule has 4 rings (SSSR count). The molecule has 0 radical (unpaired) electrons. The van der Waals surface area contributed by atoms with E-state index in [0.29, 0.717) is 23.5 Å². The minimum absolute atomic E-state index is 0.230. The molecule has 0 atom stereocenters. The number of nitrogens with one attached hydrogen (secondary N) is 2. The van der Waals surface area contributed by atoms with Gasteiger partial charge in [-0.2, -0.15) is 10.1 Å². The van der Waals surface area contributed by atoms with E-state index in [1.54, 1.807) is 4.68 Å². The van der Waals surface area contributed by atoms with Crippen molar-refractivity contribution in [3.63, 3.8) is 0 Å². The first-order chi connectivity index (χ1) is 12.2. The zero-order valence-corrected chi connectivity index (χ0v) is 13.6. The maximum atomic E-state index is 12.3. The second-order valence-electron chi connectivity index (χ2n) is 5.67. The van der Waals surface area contributed by atoms with E-state index in [4.69, 9.17) is 0 Å². The van der Waals surface area contributed by atoms with Crippen LogP contribution < -0.4 is 10.9 Å². The number of anilines is 1. The van der Waals surface area contributed by atoms with Gasteiger partial charge in [0, 0.05) is 5.69 Å². The van der Waals surface area contributed by atoms with Gasteiger partial charge < -0.3 is 5.32 Å². The number of benzene rings is 1. The molecule has 7 nitrogen and oxygen atoms in total. The lowest BCUT2D eigenvalue weighted by atomic mass is 10.3. The first kappa shape index (κ1) is 15.1. The number of aromatic amines is 1. The second-order valence-corrected chi connectivity index (χ2v) is 5.67. The molecule has 0 aliphatic carbocycles. The molecule has 0 saturated heterocycles. The van der Waals surface area contributed by atoms with Crippen LogP contribution in [0, 0.1) is 6.92 Å². The molecule has 7 heteroatoms. The quantitative estimate of drug-likeness (QED) is 0.599. The van der Waals surface area contributed by atoms with Crippen molar-refractivity contribution in [1.29, 1.82) is 0 Å². The van der Waals surface area contributed by atoms with E-state index in [1.165, 1.54) is 6.20 Å². The van der Waals surface area contributed by atoms with E-state index in [9.17, 15) is 4.79 Å². The number of H-pyrrole nitrogens is 1. The van der Waals surface area contributed by atoms with E-state index in [2.05, 4.69) is 25.4 Å². The van der Waals surface area contributed by atoms with Crippen LogP contribution in [0.1, 0.15) is 11.4 Å². The van der Waals surface area contributed by atoms with Gasteiger partial charge in [-0.1, -0.05) is 24.3 Å². The fourth-order valence-corrected chi connectivity index (χ4v) is 2.63. The number of hydrogen-bond donors (Lipinski definition) is 2. The van der Waals surface area contributed by atoms with E-state index in [1.807, 2.05) is 55.5 Å². The Morgan fingerprint density at radius 1 is 1.08 bits per heavy atom. The molecule has 0 amide bonds. The molecule has 0 unspecified atom stereocenters. The standard InChI is InChI=1S/C18H16N6O/c1-12-6-5-7-13(21-12)10-19-18-22-16-15(17(25)23-18)11-20-24(16)14-8-3-2-4-9-14/h2-9,11H,10H2,1H3,(H2,19,22,23,25). The molecule has 4 aromatic rings. The zero-order valence-electron chi connectivity index (χ0n) is 13.6. The summed E-state index contributed by atoms with van der Waals surface area (Å²) >= 11 is 0. The molecule has 1 aromatic carbocycles. The topological polar surface area (TPSA) is 88.5 Å². The van der Waals surface area contributed by atoms with Gasteiger partial charge in [0.2, 0.25) is 5.95 Å². The van der Waals surface area contributed by atoms with Gasteiger partial charge in [0.05, 0.1) is 24.1 Å². The van der Waals surface area contributed by atoms with Crippen LogP contribution in [-0.4, -0.2) is 24.7 Å². The Balaban J connectivity index is 1.70. The van der Waals surface area contributed by atoms with Gasteiger partial charge in [-0.15, -0.1) is 0 Å². The third-order valence-corrected chi connectivity index (χ3v) is 3.82. The number of fused-ring (bicyclic) bond motifs is 1. The maximum Gasteiger partial charge on any atom is 0.263 e. The molecule has 124 valence electrons. The third-order valence-electron chi connectivity index (χ3n) is 3.82. The van der Waals surface area contributed by atoms with E-state index in [-0.39, 0.29) is 5.56 Å². The highest BCUT2D eigenvalue weighted by molar-refractivity contribution is 5.76. The van der Waals surface area contributed by atoms with E-state index < -0.39 is 0 Å². The van der Waals surface area contributed by atoms with Crippen LogP contribution in [0.15, 0.2) is 59.5 Å². The van der Waals surface area contributed by atoms with Gasteiger partial charge in [-0.05, 0) is 31.2 Å². The fourth-order valence-electron chi connectivity index (χ4n) is 2.63. The van der Waals surface area contributed by atoms with Crippen molar-refractivity contribution < 1.29 is 0 Å². The van der Waals surface area contributed by atoms with Gasteiger partial charge in [-0.25, -0.2) is 4.68 Å². The largest absolute Gasteiger partial charge is 0.350 e. The van der Waals surface area contributed by atoms with Crippen molar-refractivity contribution in [3.8, 4) is 5.69 Å². The van der Waals surface area contributed by atoms with Gasteiger partial charge in [0.1, 0.15) is 5.39 Å². The maximum absolute atomic E-state index is 12.3. The summed E-state index contributed by atoms with van der Waals surface area (Å²) in [6, 6.07) is 15.4. The summed E-state index contributed by atoms with van der Waals surface area (Å²) in [4.78, 5) is 24.0. The predicted octanol–water partition coefficient (Wildman–Crippen LogP) is 2.42. The van der Waals surface area contributed by atoms with E-state index in [0.717, 1.165) is 17.1 Å². The molecule has 0 saturated carbocycles. The number of para-hydroxylation sites is 1. The van der Waals surface area contributed by atoms with Crippen LogP contribution in [0.2, 0.25) is 0 Å². The lowest BCUT2D eigenvalue weighted by Crippen LogP contribution is -2.14. The molecule has 25 heavy (non-hydrogen) atoms. The Morgan fingerprint density at radius 3 is 2.72 bits per heavy atom. The SMILES string of the molecule is Cc1cccc(CNc2nc3c(cnn3-c3ccccc3)c(=O)[nH]2)n1. The Labute approximate surface area is 143 Å². The Morgan fingerprint density at radius 2 is 1.92 bits per heavy atom. The highest BCUT2D eigenvalue weighted by atomic mass is 16.1. The van der Waals surface area contributed by atoms with E-state index >= 15 is 0 Å². The molecule has 0 fully saturated rings. The number of nitrogens with zero attached hydrogens (tertiary/aromatic N) is 4. The van der Waals surface area contributed by atoms with Crippen LogP contribution in [0.5, 0.6) is 0 Å². The first-order valence-corrected chi connectivity index (χ1v) is 7.90. The number of hydrogen-bond acceptors (Lipinski definition) is 5. The Hall–Kier alpha value is -3.48. The molecule has 0 aliphatic rings. The van der Waals surface area contributed by atoms with Crippen molar-refractivity contribution in [3.05, 3.63) is 76.5 Å². The normalized spacial score (nSPS) is 10.9. The summed E-state index contributed by atoms with van der Waals surface area (Å²) in [6.45, 7) is 2.41. The van der Waals surface area contributed by atoms with Crippen LogP contribution in [0.3, 0.4) is 0 Å². The Kier molecular flexibility index (Phi) is 3.74. The number of pyridine rings is 1. The monoisotopic (exact) mass is 332 g/mol. The van der Waals surface area contributed by atoms with Crippen molar-refractivity contribution in [1.82, 2.24) is 24.7 Å². The number of rotatable bonds is 4. The molecular weight excluding hydrogens is 316 g/mol. The highest BCUT2D eigenvalue weighted by Crippen LogP contribution is 2.14. The zero-order chi connectivity index (χ0) is 17.2. The number of aryl methyl sites for hydroxylation is 1. The lowest BCUT2D eigenvalue weighted by molar-refractivity contribution is 0.892. The van der Waals surface area contributed by atoms with Crippen LogP contribution in [0.25, 0.3) is 16.7 Å². The van der Waals surface area contributed by atoms with Gasteiger partial charge in [-0.3, -0.25) is 14.8 Å². The summed E-state index contributed by atoms with van der Waals surface area (Å²) in [5, 5.41) is 7.86. The summed E-state index contributed by atoms with van der Waals surface area (Å²) in [5.74, 6) is 0.387. The molecular formula is C18H16N6O. The summed E-state index contributed by atoms with van der Waals surface area (Å²) in [7, 11) is 0. The fraction of sp³-hybridized carbons (Fsp3) is 0.111. The summed E-state index contributed by atoms with van der Waals surface area (Å²) in [5.41, 5.74) is 2.95. The Bertz CT molecular complexity index is 1080. The molecule has 2 N–H and O–H groups in total. The van der Waals surface area contributed by atoms with Crippen molar-refractivity contribution in [2.75, 3.05) is 5.32 Å². The first-order valence-electron chi connectivity index (χ1n) is 7.90. The highest BCUT2D eigenvalue weighted by Gasteiger charge is 2.11. The second kappa shape index (κ2) is 6.20. The smallest absolute Gasteiger partial charge is 0.263 e. The third kappa shape index (κ3) is 2.99. The molecule has 0 aliphatic heterocycles. The molecule has 0 bridgehead atoms. The van der Waals surface area contributed by atoms with Gasteiger partial charge in [0.15, 0.2) is 5.65 Å². The van der Waals surface area contributed by atoms with Crippen molar-refractivity contribution in [2.24, 2.45) is 0 Å². The molecule has 0 spiro atoms. The minimum atomic E-state index is -0.230. The van der Waals surface area contributed by atoms with Crippen molar-refractivity contribution in [2.45, 2.75) is 13.5 Å². The van der Waals surface area contributed by atoms with Gasteiger partial charge >= 0.3 is 0 Å². The average molecular weight is 332 g/mol. The average Bonchev–Trinajstić information content (AvgIpc) is 3.05. The summed E-state index contributed by atoms with van der Waals surface area (Å²) < 4.78 is 1.65. The van der Waals surface area contributed by atoms with Crippen molar-refractivity contribution >= 4 is 17.0 Å². The van der Waals surface area contributed by atoms with Gasteiger partial charge in [0.25, 0.3) is 5.56 Å². The van der Waals surface area contributed by atoms with Crippen LogP contribution >= 0.6 is 0 Å². The van der Waals surface area contributed by atoms with Crippen LogP contribution in [0.4, 0.5) is 5.95 Å². The summed E-state index contributed by atoms with van der Waals surface area (Å²) in [6.07, 6.45) is 1.53. The number of aromatic nitrogens is 5. The van der Waals surface area contributed by atoms with Crippen LogP contribution in [-0.2, 0) is 6.54 Å². The minimum Gasteiger partial charge on any atom is -0.350 e.